The summed E-state index contributed by atoms with van der Waals surface area (Å²) >= 11 is 3.49. The van der Waals surface area contributed by atoms with Gasteiger partial charge in [-0.2, -0.15) is 0 Å². The number of nitrogens with one attached hydrogen (secondary N) is 1. The summed E-state index contributed by atoms with van der Waals surface area (Å²) in [5, 5.41) is 3.21. The maximum atomic E-state index is 12.8. The van der Waals surface area contributed by atoms with Crippen LogP contribution in [0.1, 0.15) is 19.3 Å². The van der Waals surface area contributed by atoms with Gasteiger partial charge in [-0.1, -0.05) is 12.1 Å². The number of piperidine rings is 1. The van der Waals surface area contributed by atoms with Crippen LogP contribution >= 0.6 is 28.3 Å². The van der Waals surface area contributed by atoms with Crippen LogP contribution in [0.15, 0.2) is 28.7 Å². The first kappa shape index (κ1) is 20.2. The van der Waals surface area contributed by atoms with E-state index < -0.39 is 0 Å². The van der Waals surface area contributed by atoms with Gasteiger partial charge in [0.1, 0.15) is 0 Å². The average Bonchev–Trinajstić information content (AvgIpc) is 2.97. The van der Waals surface area contributed by atoms with Gasteiger partial charge in [-0.15, -0.1) is 12.4 Å². The van der Waals surface area contributed by atoms with Gasteiger partial charge in [-0.3, -0.25) is 9.59 Å². The number of benzene rings is 1. The summed E-state index contributed by atoms with van der Waals surface area (Å²) in [6.07, 6.45) is 2.40. The van der Waals surface area contributed by atoms with Crippen molar-refractivity contribution in [2.24, 2.45) is 11.8 Å². The number of carbonyl (C=O) groups is 2. The van der Waals surface area contributed by atoms with E-state index in [1.165, 1.54) is 0 Å². The number of anilines is 1. The molecule has 2 saturated heterocycles. The second-order valence-corrected chi connectivity index (χ2v) is 7.54. The number of rotatable bonds is 4. The number of para-hydroxylation sites is 1. The molecule has 1 unspecified atom stereocenters. The SMILES string of the molecule is CNCC1CCN(C(=O)C2CC(=O)N(c3ccccc3Br)C2)CC1.Cl. The minimum atomic E-state index is -0.217. The molecule has 1 atom stereocenters. The molecular formula is C18H25BrClN3O2. The molecule has 25 heavy (non-hydrogen) atoms. The summed E-state index contributed by atoms with van der Waals surface area (Å²) in [6, 6.07) is 7.67. The predicted molar refractivity (Wildman–Crippen MR) is 105 cm³/mol. The first-order chi connectivity index (χ1) is 11.6. The first-order valence-corrected chi connectivity index (χ1v) is 9.37. The Hall–Kier alpha value is -1.11. The van der Waals surface area contributed by atoms with Gasteiger partial charge in [0.25, 0.3) is 0 Å². The van der Waals surface area contributed by atoms with Crippen LogP contribution in [0, 0.1) is 11.8 Å². The lowest BCUT2D eigenvalue weighted by molar-refractivity contribution is -0.137. The Morgan fingerprint density at radius 1 is 1.28 bits per heavy atom. The van der Waals surface area contributed by atoms with Crippen molar-refractivity contribution >= 4 is 45.8 Å². The summed E-state index contributed by atoms with van der Waals surface area (Å²) in [4.78, 5) is 28.9. The Balaban J connectivity index is 0.00000225. The Kier molecular flexibility index (Phi) is 7.28. The highest BCUT2D eigenvalue weighted by molar-refractivity contribution is 9.10. The van der Waals surface area contributed by atoms with Gasteiger partial charge < -0.3 is 15.1 Å². The van der Waals surface area contributed by atoms with Gasteiger partial charge >= 0.3 is 0 Å². The highest BCUT2D eigenvalue weighted by Gasteiger charge is 2.38. The number of halogens is 2. The zero-order valence-electron chi connectivity index (χ0n) is 14.4. The fourth-order valence-corrected chi connectivity index (χ4v) is 4.18. The molecule has 2 aliphatic rings. The van der Waals surface area contributed by atoms with E-state index in [4.69, 9.17) is 0 Å². The maximum absolute atomic E-state index is 12.8. The molecule has 1 aromatic rings. The monoisotopic (exact) mass is 429 g/mol. The van der Waals surface area contributed by atoms with Crippen LogP contribution in [0.4, 0.5) is 5.69 Å². The summed E-state index contributed by atoms with van der Waals surface area (Å²) in [5.74, 6) is 0.609. The molecule has 1 aromatic carbocycles. The molecule has 138 valence electrons. The number of amides is 2. The largest absolute Gasteiger partial charge is 0.342 e. The molecule has 0 aromatic heterocycles. The highest BCUT2D eigenvalue weighted by Crippen LogP contribution is 2.32. The third-order valence-corrected chi connectivity index (χ3v) is 5.71. The van der Waals surface area contributed by atoms with Gasteiger partial charge in [0.15, 0.2) is 0 Å². The molecule has 3 rings (SSSR count). The summed E-state index contributed by atoms with van der Waals surface area (Å²) < 4.78 is 0.888. The van der Waals surface area contributed by atoms with E-state index in [1.54, 1.807) is 4.90 Å². The van der Waals surface area contributed by atoms with Crippen LogP contribution in [0.25, 0.3) is 0 Å². The van der Waals surface area contributed by atoms with Crippen molar-refractivity contribution in [2.75, 3.05) is 38.1 Å². The summed E-state index contributed by atoms with van der Waals surface area (Å²) in [7, 11) is 1.97. The minimum Gasteiger partial charge on any atom is -0.342 e. The van der Waals surface area contributed by atoms with Gasteiger partial charge in [-0.25, -0.2) is 0 Å². The number of likely N-dealkylation sites (tertiary alicyclic amines) is 1. The van der Waals surface area contributed by atoms with Gasteiger partial charge in [0.2, 0.25) is 11.8 Å². The molecule has 0 radical (unpaired) electrons. The van der Waals surface area contributed by atoms with Gasteiger partial charge in [0, 0.05) is 30.5 Å². The fraction of sp³-hybridized carbons (Fsp3) is 0.556. The number of hydrogen-bond donors (Lipinski definition) is 1. The van der Waals surface area contributed by atoms with Crippen molar-refractivity contribution < 1.29 is 9.59 Å². The second-order valence-electron chi connectivity index (χ2n) is 6.68. The van der Waals surface area contributed by atoms with Crippen LogP contribution in [0.3, 0.4) is 0 Å². The highest BCUT2D eigenvalue weighted by atomic mass is 79.9. The van der Waals surface area contributed by atoms with E-state index in [-0.39, 0.29) is 30.1 Å². The van der Waals surface area contributed by atoms with Crippen molar-refractivity contribution in [3.8, 4) is 0 Å². The van der Waals surface area contributed by atoms with Crippen LogP contribution < -0.4 is 10.2 Å². The standard InChI is InChI=1S/C18H24BrN3O2.ClH/c1-20-11-13-6-8-21(9-7-13)18(24)14-10-17(23)22(12-14)16-5-3-2-4-15(16)19;/h2-5,13-14,20H,6-12H2,1H3;1H. The van der Waals surface area contributed by atoms with Crippen LogP contribution in [-0.2, 0) is 9.59 Å². The molecule has 0 aliphatic carbocycles. The molecule has 7 heteroatoms. The molecule has 2 heterocycles. The molecule has 2 fully saturated rings. The second kappa shape index (κ2) is 9.01. The first-order valence-electron chi connectivity index (χ1n) is 8.58. The number of nitrogens with zero attached hydrogens (tertiary/aromatic N) is 2. The quantitative estimate of drug-likeness (QED) is 0.799. The Labute approximate surface area is 163 Å². The Morgan fingerprint density at radius 3 is 2.60 bits per heavy atom. The van der Waals surface area contributed by atoms with Crippen LogP contribution in [-0.4, -0.2) is 49.9 Å². The van der Waals surface area contributed by atoms with Crippen LogP contribution in [0.2, 0.25) is 0 Å². The van der Waals surface area contributed by atoms with Crippen molar-refractivity contribution in [3.05, 3.63) is 28.7 Å². The minimum absolute atomic E-state index is 0. The number of hydrogen-bond acceptors (Lipinski definition) is 3. The average molecular weight is 431 g/mol. The third-order valence-electron chi connectivity index (χ3n) is 5.04. The topological polar surface area (TPSA) is 52.7 Å². The van der Waals surface area contributed by atoms with Crippen molar-refractivity contribution in [1.29, 1.82) is 0 Å². The van der Waals surface area contributed by atoms with Crippen molar-refractivity contribution in [1.82, 2.24) is 10.2 Å². The Bertz CT molecular complexity index is 620. The summed E-state index contributed by atoms with van der Waals surface area (Å²) in [6.45, 7) is 3.12. The van der Waals surface area contributed by atoms with E-state index in [9.17, 15) is 9.59 Å². The zero-order chi connectivity index (χ0) is 17.1. The van der Waals surface area contributed by atoms with E-state index in [0.717, 1.165) is 42.6 Å². The molecule has 0 saturated carbocycles. The summed E-state index contributed by atoms with van der Waals surface area (Å²) in [5.41, 5.74) is 0.852. The maximum Gasteiger partial charge on any atom is 0.228 e. The van der Waals surface area contributed by atoms with Gasteiger partial charge in [0.05, 0.1) is 11.6 Å². The molecule has 2 amide bonds. The van der Waals surface area contributed by atoms with Crippen molar-refractivity contribution in [3.63, 3.8) is 0 Å². The lowest BCUT2D eigenvalue weighted by Gasteiger charge is -2.33. The molecule has 0 spiro atoms. The van der Waals surface area contributed by atoms with E-state index in [1.807, 2.05) is 36.2 Å². The number of carbonyl (C=O) groups excluding carboxylic acids is 2. The Morgan fingerprint density at radius 2 is 1.96 bits per heavy atom. The molecule has 0 bridgehead atoms. The molecular weight excluding hydrogens is 406 g/mol. The third kappa shape index (κ3) is 4.54. The lowest BCUT2D eigenvalue weighted by atomic mass is 9.95. The fourth-order valence-electron chi connectivity index (χ4n) is 3.68. The van der Waals surface area contributed by atoms with Crippen molar-refractivity contribution in [2.45, 2.75) is 19.3 Å². The molecule has 1 N–H and O–H groups in total. The normalized spacial score (nSPS) is 21.4. The van der Waals surface area contributed by atoms with E-state index in [2.05, 4.69) is 21.2 Å². The smallest absolute Gasteiger partial charge is 0.228 e. The zero-order valence-corrected chi connectivity index (χ0v) is 16.8. The molecule has 5 nitrogen and oxygen atoms in total. The van der Waals surface area contributed by atoms with Crippen LogP contribution in [0.5, 0.6) is 0 Å². The molecule has 2 aliphatic heterocycles. The lowest BCUT2D eigenvalue weighted by Crippen LogP contribution is -2.43. The van der Waals surface area contributed by atoms with Gasteiger partial charge in [-0.05, 0) is 60.4 Å². The van der Waals surface area contributed by atoms with E-state index in [0.29, 0.717) is 18.9 Å². The van der Waals surface area contributed by atoms with E-state index >= 15 is 0 Å². The predicted octanol–water partition coefficient (Wildman–Crippen LogP) is 2.68.